The highest BCUT2D eigenvalue weighted by Crippen LogP contribution is 2.40. The maximum atomic E-state index is 12.0. The zero-order valence-electron chi connectivity index (χ0n) is 11.5. The molecule has 2 heterocycles. The number of fused-ring (bicyclic) bond motifs is 1. The summed E-state index contributed by atoms with van der Waals surface area (Å²) in [5.74, 6) is 0.797. The zero-order chi connectivity index (χ0) is 13.9. The largest absolute Gasteiger partial charge is 0.479 e. The standard InChI is InChI=1S/C15H19N3O2/c1-2-8-18-13-5-3-4-12(15(13)20-11-14(18)19)17-9-6-16-7-10-17/h2-5,16H,1,6-11H2. The number of carbonyl (C=O) groups excluding carboxylic acids is 1. The van der Waals surface area contributed by atoms with E-state index >= 15 is 0 Å². The average molecular weight is 273 g/mol. The molecule has 1 fully saturated rings. The molecule has 0 bridgehead atoms. The lowest BCUT2D eigenvalue weighted by Gasteiger charge is -2.35. The third kappa shape index (κ3) is 2.25. The number of nitrogens with zero attached hydrogens (tertiary/aromatic N) is 2. The van der Waals surface area contributed by atoms with E-state index < -0.39 is 0 Å². The van der Waals surface area contributed by atoms with Crippen molar-refractivity contribution in [2.24, 2.45) is 0 Å². The van der Waals surface area contributed by atoms with Gasteiger partial charge in [0.15, 0.2) is 12.4 Å². The van der Waals surface area contributed by atoms with Gasteiger partial charge in [-0.25, -0.2) is 0 Å². The van der Waals surface area contributed by atoms with E-state index in [9.17, 15) is 4.79 Å². The van der Waals surface area contributed by atoms with E-state index in [-0.39, 0.29) is 12.5 Å². The van der Waals surface area contributed by atoms with Crippen molar-refractivity contribution in [2.75, 3.05) is 49.1 Å². The Morgan fingerprint density at radius 2 is 2.05 bits per heavy atom. The fourth-order valence-corrected chi connectivity index (χ4v) is 2.70. The fraction of sp³-hybridized carbons (Fsp3) is 0.400. The SMILES string of the molecule is C=CCN1C(=O)COc2c(N3CCNCC3)cccc21. The molecule has 3 rings (SSSR count). The predicted octanol–water partition coefficient (Wildman–Crippen LogP) is 1.01. The van der Waals surface area contributed by atoms with Crippen LogP contribution in [0, 0.1) is 0 Å². The van der Waals surface area contributed by atoms with E-state index in [1.165, 1.54) is 0 Å². The third-order valence-electron chi connectivity index (χ3n) is 3.67. The first kappa shape index (κ1) is 13.0. The maximum absolute atomic E-state index is 12.0. The van der Waals surface area contributed by atoms with Gasteiger partial charge in [-0.2, -0.15) is 0 Å². The Labute approximate surface area is 118 Å². The molecular formula is C15H19N3O2. The molecule has 1 aromatic carbocycles. The molecule has 1 saturated heterocycles. The minimum atomic E-state index is -0.0186. The number of rotatable bonds is 3. The van der Waals surface area contributed by atoms with Gasteiger partial charge >= 0.3 is 0 Å². The van der Waals surface area contributed by atoms with Crippen LogP contribution in [0.25, 0.3) is 0 Å². The van der Waals surface area contributed by atoms with E-state index in [0.717, 1.165) is 43.3 Å². The Morgan fingerprint density at radius 1 is 1.30 bits per heavy atom. The number of para-hydroxylation sites is 1. The van der Waals surface area contributed by atoms with Crippen LogP contribution in [0.1, 0.15) is 0 Å². The van der Waals surface area contributed by atoms with Gasteiger partial charge in [-0.15, -0.1) is 6.58 Å². The van der Waals surface area contributed by atoms with Crippen LogP contribution in [0.3, 0.4) is 0 Å². The summed E-state index contributed by atoms with van der Waals surface area (Å²) in [6.07, 6.45) is 1.74. The Morgan fingerprint density at radius 3 is 2.80 bits per heavy atom. The first-order valence-electron chi connectivity index (χ1n) is 6.94. The zero-order valence-corrected chi connectivity index (χ0v) is 11.5. The molecule has 106 valence electrons. The van der Waals surface area contributed by atoms with Crippen LogP contribution in [0.5, 0.6) is 5.75 Å². The molecule has 0 spiro atoms. The predicted molar refractivity (Wildman–Crippen MR) is 79.6 cm³/mol. The molecule has 2 aliphatic heterocycles. The number of hydrogen-bond donors (Lipinski definition) is 1. The Kier molecular flexibility index (Phi) is 3.60. The van der Waals surface area contributed by atoms with Gasteiger partial charge in [-0.1, -0.05) is 12.1 Å². The maximum Gasteiger partial charge on any atom is 0.265 e. The van der Waals surface area contributed by atoms with Crippen molar-refractivity contribution in [2.45, 2.75) is 0 Å². The summed E-state index contributed by atoms with van der Waals surface area (Å²) < 4.78 is 5.71. The molecule has 1 N–H and O–H groups in total. The lowest BCUT2D eigenvalue weighted by molar-refractivity contribution is -0.121. The van der Waals surface area contributed by atoms with Gasteiger partial charge < -0.3 is 19.9 Å². The first-order chi connectivity index (χ1) is 9.81. The fourth-order valence-electron chi connectivity index (χ4n) is 2.70. The van der Waals surface area contributed by atoms with E-state index in [0.29, 0.717) is 6.54 Å². The lowest BCUT2D eigenvalue weighted by Crippen LogP contribution is -2.44. The topological polar surface area (TPSA) is 44.8 Å². The second-order valence-corrected chi connectivity index (χ2v) is 4.94. The van der Waals surface area contributed by atoms with Crippen LogP contribution in [-0.2, 0) is 4.79 Å². The average Bonchev–Trinajstić information content (AvgIpc) is 2.50. The second-order valence-electron chi connectivity index (χ2n) is 4.94. The number of piperazine rings is 1. The highest BCUT2D eigenvalue weighted by Gasteiger charge is 2.28. The molecule has 2 aliphatic rings. The van der Waals surface area contributed by atoms with Gasteiger partial charge in [0.1, 0.15) is 0 Å². The molecule has 1 aromatic rings. The Bertz CT molecular complexity index is 524. The molecule has 0 aromatic heterocycles. The van der Waals surface area contributed by atoms with Crippen LogP contribution < -0.4 is 19.9 Å². The van der Waals surface area contributed by atoms with Gasteiger partial charge in [0.25, 0.3) is 5.91 Å². The first-order valence-corrected chi connectivity index (χ1v) is 6.94. The van der Waals surface area contributed by atoms with E-state index in [1.807, 2.05) is 12.1 Å². The third-order valence-corrected chi connectivity index (χ3v) is 3.67. The summed E-state index contributed by atoms with van der Waals surface area (Å²) >= 11 is 0. The monoisotopic (exact) mass is 273 g/mol. The minimum Gasteiger partial charge on any atom is -0.479 e. The summed E-state index contributed by atoms with van der Waals surface area (Å²) in [4.78, 5) is 16.0. The number of benzene rings is 1. The number of nitrogens with one attached hydrogen (secondary N) is 1. The van der Waals surface area contributed by atoms with Crippen LogP contribution in [0.2, 0.25) is 0 Å². The lowest BCUT2D eigenvalue weighted by atomic mass is 10.1. The molecule has 5 heteroatoms. The summed E-state index contributed by atoms with van der Waals surface area (Å²) in [6, 6.07) is 5.97. The smallest absolute Gasteiger partial charge is 0.265 e. The summed E-state index contributed by atoms with van der Waals surface area (Å²) in [5.41, 5.74) is 1.92. The van der Waals surface area contributed by atoms with Crippen molar-refractivity contribution in [3.05, 3.63) is 30.9 Å². The van der Waals surface area contributed by atoms with Gasteiger partial charge in [-0.3, -0.25) is 4.79 Å². The van der Waals surface area contributed by atoms with E-state index in [4.69, 9.17) is 4.74 Å². The van der Waals surface area contributed by atoms with Crippen LogP contribution in [-0.4, -0.2) is 45.2 Å². The van der Waals surface area contributed by atoms with Gasteiger partial charge in [0.2, 0.25) is 0 Å². The number of ether oxygens (including phenoxy) is 1. The molecule has 0 radical (unpaired) electrons. The molecular weight excluding hydrogens is 254 g/mol. The van der Waals surface area contributed by atoms with Crippen molar-refractivity contribution in [1.82, 2.24) is 5.32 Å². The molecule has 1 amide bonds. The van der Waals surface area contributed by atoms with Gasteiger partial charge in [-0.05, 0) is 12.1 Å². The Balaban J connectivity index is 1.98. The van der Waals surface area contributed by atoms with E-state index in [2.05, 4.69) is 22.9 Å². The van der Waals surface area contributed by atoms with E-state index in [1.54, 1.807) is 11.0 Å². The van der Waals surface area contributed by atoms with Crippen LogP contribution >= 0.6 is 0 Å². The summed E-state index contributed by atoms with van der Waals surface area (Å²) in [7, 11) is 0. The summed E-state index contributed by atoms with van der Waals surface area (Å²) in [6.45, 7) is 8.19. The highest BCUT2D eigenvalue weighted by molar-refractivity contribution is 5.99. The number of amides is 1. The van der Waals surface area contributed by atoms with Gasteiger partial charge in [0.05, 0.1) is 11.4 Å². The minimum absolute atomic E-state index is 0.0186. The number of anilines is 2. The Hall–Kier alpha value is -2.01. The van der Waals surface area contributed by atoms with Crippen molar-refractivity contribution in [3.8, 4) is 5.75 Å². The molecule has 0 aliphatic carbocycles. The van der Waals surface area contributed by atoms with Crippen LogP contribution in [0.15, 0.2) is 30.9 Å². The highest BCUT2D eigenvalue weighted by atomic mass is 16.5. The molecule has 20 heavy (non-hydrogen) atoms. The van der Waals surface area contributed by atoms with Crippen molar-refractivity contribution < 1.29 is 9.53 Å². The molecule has 5 nitrogen and oxygen atoms in total. The quantitative estimate of drug-likeness (QED) is 0.835. The molecule has 0 atom stereocenters. The number of carbonyl (C=O) groups is 1. The van der Waals surface area contributed by atoms with Crippen molar-refractivity contribution >= 4 is 17.3 Å². The molecule has 0 saturated carbocycles. The summed E-state index contributed by atoms with van der Waals surface area (Å²) in [5, 5.41) is 3.34. The van der Waals surface area contributed by atoms with Crippen molar-refractivity contribution in [3.63, 3.8) is 0 Å². The van der Waals surface area contributed by atoms with Gasteiger partial charge in [0, 0.05) is 32.7 Å². The van der Waals surface area contributed by atoms with Crippen molar-refractivity contribution in [1.29, 1.82) is 0 Å². The second kappa shape index (κ2) is 5.54. The molecule has 0 unspecified atom stereocenters. The normalized spacial score (nSPS) is 18.5. The number of hydrogen-bond acceptors (Lipinski definition) is 4. The van der Waals surface area contributed by atoms with Crippen LogP contribution in [0.4, 0.5) is 11.4 Å².